The third-order valence-corrected chi connectivity index (χ3v) is 4.75. The van der Waals surface area contributed by atoms with Crippen molar-refractivity contribution in [2.45, 2.75) is 26.3 Å². The number of aromatic nitrogens is 1. The first kappa shape index (κ1) is 17.2. The number of aryl methyl sites for hydroxylation is 1. The van der Waals surface area contributed by atoms with E-state index >= 15 is 0 Å². The number of rotatable bonds is 6. The average molecular weight is 351 g/mol. The summed E-state index contributed by atoms with van der Waals surface area (Å²) in [5, 5.41) is 6.72. The lowest BCUT2D eigenvalue weighted by Crippen LogP contribution is -2.31. The molecule has 4 nitrogen and oxygen atoms in total. The number of hydrogen-bond acceptors (Lipinski definition) is 4. The van der Waals surface area contributed by atoms with E-state index in [2.05, 4.69) is 27.8 Å². The van der Waals surface area contributed by atoms with Crippen LogP contribution in [-0.2, 0) is 11.2 Å². The summed E-state index contributed by atoms with van der Waals surface area (Å²) in [6.45, 7) is 3.88. The Kier molecular flexibility index (Phi) is 5.46. The molecule has 1 unspecified atom stereocenters. The highest BCUT2D eigenvalue weighted by molar-refractivity contribution is 7.15. The largest absolute Gasteiger partial charge is 0.374 e. The van der Waals surface area contributed by atoms with Gasteiger partial charge >= 0.3 is 0 Å². The molecule has 0 aliphatic carbocycles. The van der Waals surface area contributed by atoms with Crippen molar-refractivity contribution in [1.29, 1.82) is 0 Å². The lowest BCUT2D eigenvalue weighted by atomic mass is 10.1. The first-order valence-electron chi connectivity index (χ1n) is 8.23. The van der Waals surface area contributed by atoms with Crippen molar-refractivity contribution in [3.05, 3.63) is 76.8 Å². The second-order valence-corrected chi connectivity index (χ2v) is 7.13. The van der Waals surface area contributed by atoms with Crippen LogP contribution in [0.25, 0.3) is 0 Å². The highest BCUT2D eigenvalue weighted by atomic mass is 32.1. The number of hydrogen-bond donors (Lipinski definition) is 2. The third kappa shape index (κ3) is 4.90. The van der Waals surface area contributed by atoms with Crippen LogP contribution < -0.4 is 10.6 Å². The molecule has 0 aliphatic heterocycles. The lowest BCUT2D eigenvalue weighted by molar-refractivity contribution is -0.116. The van der Waals surface area contributed by atoms with E-state index in [9.17, 15) is 4.79 Å². The summed E-state index contributed by atoms with van der Waals surface area (Å²) in [4.78, 5) is 17.8. The molecule has 1 heterocycles. The Bertz CT molecular complexity index is 828. The van der Waals surface area contributed by atoms with Crippen LogP contribution >= 0.6 is 11.3 Å². The quantitative estimate of drug-likeness (QED) is 0.688. The maximum atomic E-state index is 12.3. The Balaban J connectivity index is 1.56. The third-order valence-electron chi connectivity index (χ3n) is 3.83. The van der Waals surface area contributed by atoms with E-state index in [0.717, 1.165) is 17.0 Å². The molecule has 5 heteroatoms. The summed E-state index contributed by atoms with van der Waals surface area (Å²) in [6.07, 6.45) is 2.65. The summed E-state index contributed by atoms with van der Waals surface area (Å²) in [5.74, 6) is -0.0961. The first-order chi connectivity index (χ1) is 12.1. The van der Waals surface area contributed by atoms with Gasteiger partial charge in [0.1, 0.15) is 6.04 Å². The van der Waals surface area contributed by atoms with Crippen molar-refractivity contribution in [3.63, 3.8) is 0 Å². The predicted octanol–water partition coefficient (Wildman–Crippen LogP) is 4.48. The lowest BCUT2D eigenvalue weighted by Gasteiger charge is -2.14. The molecule has 1 aromatic heterocycles. The summed E-state index contributed by atoms with van der Waals surface area (Å²) < 4.78 is 0. The van der Waals surface area contributed by atoms with Crippen LogP contribution in [0.4, 0.5) is 10.8 Å². The maximum absolute atomic E-state index is 12.3. The van der Waals surface area contributed by atoms with Crippen LogP contribution in [-0.4, -0.2) is 16.9 Å². The highest BCUT2D eigenvalue weighted by Crippen LogP contribution is 2.21. The minimum absolute atomic E-state index is 0.0961. The van der Waals surface area contributed by atoms with Gasteiger partial charge in [-0.2, -0.15) is 0 Å². The molecule has 0 fully saturated rings. The molecular formula is C20H21N3OS. The average Bonchev–Trinajstić information content (AvgIpc) is 3.04. The van der Waals surface area contributed by atoms with Crippen molar-refractivity contribution in [2.75, 3.05) is 10.6 Å². The summed E-state index contributed by atoms with van der Waals surface area (Å²) >= 11 is 1.51. The smallest absolute Gasteiger partial charge is 0.248 e. The zero-order valence-electron chi connectivity index (χ0n) is 14.3. The van der Waals surface area contributed by atoms with Gasteiger partial charge in [0.2, 0.25) is 5.91 Å². The Hall–Kier alpha value is -2.66. The van der Waals surface area contributed by atoms with E-state index in [1.807, 2.05) is 62.5 Å². The Morgan fingerprint density at radius 2 is 1.84 bits per heavy atom. The fourth-order valence-electron chi connectivity index (χ4n) is 2.42. The Labute approximate surface area is 151 Å². The van der Waals surface area contributed by atoms with Gasteiger partial charge in [0.15, 0.2) is 5.13 Å². The Morgan fingerprint density at radius 1 is 1.12 bits per heavy atom. The van der Waals surface area contributed by atoms with Gasteiger partial charge < -0.3 is 10.6 Å². The van der Waals surface area contributed by atoms with Crippen molar-refractivity contribution in [2.24, 2.45) is 0 Å². The van der Waals surface area contributed by atoms with Gasteiger partial charge in [-0.3, -0.25) is 4.79 Å². The minimum atomic E-state index is -0.343. The van der Waals surface area contributed by atoms with E-state index in [0.29, 0.717) is 5.13 Å². The number of anilines is 2. The van der Waals surface area contributed by atoms with Crippen molar-refractivity contribution in [1.82, 2.24) is 4.98 Å². The number of thiazole rings is 1. The number of nitrogens with one attached hydrogen (secondary N) is 2. The molecule has 1 amide bonds. The van der Waals surface area contributed by atoms with Crippen LogP contribution in [0.15, 0.2) is 60.8 Å². The Morgan fingerprint density at radius 3 is 2.56 bits per heavy atom. The molecule has 25 heavy (non-hydrogen) atoms. The zero-order valence-corrected chi connectivity index (χ0v) is 15.1. The molecule has 3 aromatic rings. The number of benzene rings is 2. The number of amides is 1. The topological polar surface area (TPSA) is 54.0 Å². The normalized spacial score (nSPS) is 11.8. The molecule has 0 bridgehead atoms. The number of carbonyl (C=O) groups is 1. The van der Waals surface area contributed by atoms with Crippen LogP contribution in [0.5, 0.6) is 0 Å². The molecule has 0 aliphatic rings. The molecule has 128 valence electrons. The second-order valence-electron chi connectivity index (χ2n) is 6.02. The molecule has 1 atom stereocenters. The van der Waals surface area contributed by atoms with Crippen LogP contribution in [0.1, 0.15) is 22.9 Å². The summed E-state index contributed by atoms with van der Waals surface area (Å²) in [5.41, 5.74) is 3.35. The molecule has 3 rings (SSSR count). The van der Waals surface area contributed by atoms with Crippen LogP contribution in [0, 0.1) is 6.92 Å². The maximum Gasteiger partial charge on any atom is 0.248 e. The van der Waals surface area contributed by atoms with Gasteiger partial charge in [-0.25, -0.2) is 4.98 Å². The second kappa shape index (κ2) is 7.94. The van der Waals surface area contributed by atoms with Crippen molar-refractivity contribution in [3.8, 4) is 0 Å². The number of nitrogens with zero attached hydrogens (tertiary/aromatic N) is 1. The molecule has 0 spiro atoms. The standard InChI is InChI=1S/C20H21N3OS/c1-14-8-10-17(11-9-14)22-15(2)19(24)23-20-21-13-18(25-20)12-16-6-4-3-5-7-16/h3-11,13,15,22H,12H2,1-2H3,(H,21,23,24). The van der Waals surface area contributed by atoms with E-state index in [1.165, 1.54) is 22.5 Å². The molecule has 0 saturated carbocycles. The van der Waals surface area contributed by atoms with Gasteiger partial charge in [-0.15, -0.1) is 11.3 Å². The summed E-state index contributed by atoms with van der Waals surface area (Å²) in [6, 6.07) is 17.9. The molecule has 2 aromatic carbocycles. The van der Waals surface area contributed by atoms with E-state index in [-0.39, 0.29) is 11.9 Å². The van der Waals surface area contributed by atoms with E-state index in [1.54, 1.807) is 0 Å². The monoisotopic (exact) mass is 351 g/mol. The minimum Gasteiger partial charge on any atom is -0.374 e. The summed E-state index contributed by atoms with van der Waals surface area (Å²) in [7, 11) is 0. The predicted molar refractivity (Wildman–Crippen MR) is 104 cm³/mol. The molecule has 0 radical (unpaired) electrons. The molecular weight excluding hydrogens is 330 g/mol. The number of carbonyl (C=O) groups excluding carboxylic acids is 1. The van der Waals surface area contributed by atoms with E-state index < -0.39 is 0 Å². The van der Waals surface area contributed by atoms with Gasteiger partial charge in [0.05, 0.1) is 0 Å². The van der Waals surface area contributed by atoms with Gasteiger partial charge in [0.25, 0.3) is 0 Å². The first-order valence-corrected chi connectivity index (χ1v) is 9.04. The van der Waals surface area contributed by atoms with Crippen LogP contribution in [0.3, 0.4) is 0 Å². The van der Waals surface area contributed by atoms with Crippen LogP contribution in [0.2, 0.25) is 0 Å². The SMILES string of the molecule is Cc1ccc(NC(C)C(=O)Nc2ncc(Cc3ccccc3)s2)cc1. The van der Waals surface area contributed by atoms with Crippen molar-refractivity contribution >= 4 is 28.1 Å². The van der Waals surface area contributed by atoms with E-state index in [4.69, 9.17) is 0 Å². The highest BCUT2D eigenvalue weighted by Gasteiger charge is 2.14. The fraction of sp³-hybridized carbons (Fsp3) is 0.200. The van der Waals surface area contributed by atoms with Gasteiger partial charge in [-0.05, 0) is 31.5 Å². The van der Waals surface area contributed by atoms with Crippen molar-refractivity contribution < 1.29 is 4.79 Å². The zero-order chi connectivity index (χ0) is 17.6. The molecule has 2 N–H and O–H groups in total. The molecule has 0 saturated heterocycles. The van der Waals surface area contributed by atoms with Gasteiger partial charge in [0, 0.05) is 23.2 Å². The van der Waals surface area contributed by atoms with Gasteiger partial charge in [-0.1, -0.05) is 48.0 Å². The fourth-order valence-corrected chi connectivity index (χ4v) is 3.27.